The van der Waals surface area contributed by atoms with Gasteiger partial charge in [0.25, 0.3) is 5.91 Å². The molecule has 4 nitrogen and oxygen atoms in total. The Morgan fingerprint density at radius 3 is 1.62 bits per heavy atom. The van der Waals surface area contributed by atoms with Gasteiger partial charge in [0, 0.05) is 23.0 Å². The minimum Gasteiger partial charge on any atom is -0.320 e. The van der Waals surface area contributed by atoms with Gasteiger partial charge in [-0.05, 0) is 35.9 Å². The number of hydrogen-bond donors (Lipinski definition) is 0. The lowest BCUT2D eigenvalue weighted by Crippen LogP contribution is -2.39. The van der Waals surface area contributed by atoms with E-state index in [2.05, 4.69) is 0 Å². The summed E-state index contributed by atoms with van der Waals surface area (Å²) in [5.74, 6) is -0.471. The van der Waals surface area contributed by atoms with E-state index in [1.807, 2.05) is 30.3 Å². The molecule has 0 aromatic heterocycles. The van der Waals surface area contributed by atoms with Crippen LogP contribution in [-0.4, -0.2) is 30.9 Å². The van der Waals surface area contributed by atoms with Gasteiger partial charge >= 0.3 is 0 Å². The van der Waals surface area contributed by atoms with Gasteiger partial charge in [-0.25, -0.2) is 0 Å². The summed E-state index contributed by atoms with van der Waals surface area (Å²) in [5, 5.41) is 0. The first-order valence-corrected chi connectivity index (χ1v) is 11.4. The Kier molecular flexibility index (Phi) is 7.27. The lowest BCUT2D eigenvalue weighted by atomic mass is 10.2. The molecule has 3 aromatic rings. The van der Waals surface area contributed by atoms with Gasteiger partial charge in [-0.3, -0.25) is 13.2 Å². The summed E-state index contributed by atoms with van der Waals surface area (Å²) in [4.78, 5) is 15.5. The average molecular weight is 424 g/mol. The van der Waals surface area contributed by atoms with E-state index in [9.17, 15) is 13.2 Å². The molecule has 148 valence electrons. The lowest BCUT2D eigenvalue weighted by Gasteiger charge is -2.20. The molecule has 0 fully saturated rings. The number of carbonyl (C=O) groups excluding carboxylic acids is 1. The normalized spacial score (nSPS) is 14.2. The molecule has 0 saturated carbocycles. The number of amides is 1. The monoisotopic (exact) mass is 423 g/mol. The SMILES string of the molecule is CN(/C=C\c1ccccc1)C(=O)C(S(=O)c1ccccc1)S(=O)c1ccccc1. The maximum absolute atomic E-state index is 13.2. The van der Waals surface area contributed by atoms with Gasteiger partial charge < -0.3 is 4.90 Å². The van der Waals surface area contributed by atoms with Crippen molar-refractivity contribution >= 4 is 33.6 Å². The second-order valence-electron chi connectivity index (χ2n) is 6.23. The van der Waals surface area contributed by atoms with Gasteiger partial charge in [0.2, 0.25) is 0 Å². The number of rotatable bonds is 7. The summed E-state index contributed by atoms with van der Waals surface area (Å²) in [6, 6.07) is 26.9. The second kappa shape index (κ2) is 10.1. The zero-order chi connectivity index (χ0) is 20.6. The van der Waals surface area contributed by atoms with E-state index in [0.717, 1.165) is 5.56 Å². The molecule has 0 N–H and O–H groups in total. The molecule has 0 aliphatic heterocycles. The quantitative estimate of drug-likeness (QED) is 0.576. The molecule has 3 rings (SSSR count). The fraction of sp³-hybridized carbons (Fsp3) is 0.0870. The molecule has 0 saturated heterocycles. The molecular weight excluding hydrogens is 402 g/mol. The van der Waals surface area contributed by atoms with Gasteiger partial charge in [0.05, 0.1) is 21.6 Å². The van der Waals surface area contributed by atoms with Crippen LogP contribution < -0.4 is 0 Å². The maximum atomic E-state index is 13.2. The van der Waals surface area contributed by atoms with E-state index in [0.29, 0.717) is 9.79 Å². The largest absolute Gasteiger partial charge is 0.320 e. The molecule has 29 heavy (non-hydrogen) atoms. The number of nitrogens with zero attached hydrogens (tertiary/aromatic N) is 1. The molecule has 0 radical (unpaired) electrons. The third kappa shape index (κ3) is 5.37. The van der Waals surface area contributed by atoms with Crippen molar-refractivity contribution in [2.45, 2.75) is 14.4 Å². The standard InChI is InChI=1S/C23H21NO3S2/c1-24(18-17-19-11-5-2-6-12-19)22(25)23(28(26)20-13-7-3-8-14-20)29(27)21-15-9-4-10-16-21/h2-18,23H,1H3/b18-17-. The fourth-order valence-electron chi connectivity index (χ4n) is 2.62. The molecule has 2 unspecified atom stereocenters. The van der Waals surface area contributed by atoms with Crippen LogP contribution in [0.4, 0.5) is 0 Å². The zero-order valence-corrected chi connectivity index (χ0v) is 17.5. The molecule has 6 heteroatoms. The minimum atomic E-state index is -1.78. The summed E-state index contributed by atoms with van der Waals surface area (Å²) in [6.07, 6.45) is 3.39. The highest BCUT2D eigenvalue weighted by molar-refractivity contribution is 8.04. The molecule has 3 aromatic carbocycles. The Balaban J connectivity index is 1.91. The first-order valence-electron chi connectivity index (χ1n) is 8.99. The van der Waals surface area contributed by atoms with E-state index in [-0.39, 0.29) is 0 Å². The van der Waals surface area contributed by atoms with Gasteiger partial charge in [-0.1, -0.05) is 66.7 Å². The summed E-state index contributed by atoms with van der Waals surface area (Å²) in [7, 11) is -1.97. The smallest absolute Gasteiger partial charge is 0.255 e. The number of hydrogen-bond acceptors (Lipinski definition) is 3. The van der Waals surface area contributed by atoms with Crippen molar-refractivity contribution in [1.82, 2.24) is 4.90 Å². The van der Waals surface area contributed by atoms with Gasteiger partial charge in [-0.15, -0.1) is 0 Å². The highest BCUT2D eigenvalue weighted by atomic mass is 32.2. The third-order valence-electron chi connectivity index (χ3n) is 4.18. The molecule has 0 bridgehead atoms. The van der Waals surface area contributed by atoms with E-state index < -0.39 is 32.1 Å². The summed E-state index contributed by atoms with van der Waals surface area (Å²) in [5.41, 5.74) is 0.928. The minimum absolute atomic E-state index is 0.468. The predicted octanol–water partition coefficient (Wildman–Crippen LogP) is 4.06. The molecule has 0 spiro atoms. The lowest BCUT2D eigenvalue weighted by molar-refractivity contribution is -0.125. The Hall–Kier alpha value is -2.83. The Bertz CT molecular complexity index is 970. The van der Waals surface area contributed by atoms with Crippen LogP contribution in [0.1, 0.15) is 5.56 Å². The van der Waals surface area contributed by atoms with Crippen molar-refractivity contribution in [1.29, 1.82) is 0 Å². The van der Waals surface area contributed by atoms with Crippen molar-refractivity contribution in [3.8, 4) is 0 Å². The highest BCUT2D eigenvalue weighted by Gasteiger charge is 2.35. The summed E-state index contributed by atoms with van der Waals surface area (Å²) < 4.78 is 25.2. The highest BCUT2D eigenvalue weighted by Crippen LogP contribution is 2.21. The van der Waals surface area contributed by atoms with Crippen LogP contribution in [-0.2, 0) is 26.4 Å². The predicted molar refractivity (Wildman–Crippen MR) is 118 cm³/mol. The van der Waals surface area contributed by atoms with Crippen molar-refractivity contribution < 1.29 is 13.2 Å². The van der Waals surface area contributed by atoms with Crippen molar-refractivity contribution in [3.63, 3.8) is 0 Å². The van der Waals surface area contributed by atoms with E-state index in [1.165, 1.54) is 4.90 Å². The maximum Gasteiger partial charge on any atom is 0.255 e. The summed E-state index contributed by atoms with van der Waals surface area (Å²) >= 11 is 0. The Morgan fingerprint density at radius 2 is 1.17 bits per heavy atom. The molecule has 0 aliphatic rings. The van der Waals surface area contributed by atoms with E-state index >= 15 is 0 Å². The van der Waals surface area contributed by atoms with Crippen molar-refractivity contribution in [2.75, 3.05) is 7.05 Å². The topological polar surface area (TPSA) is 54.5 Å². The van der Waals surface area contributed by atoms with Crippen LogP contribution in [0.3, 0.4) is 0 Å². The second-order valence-corrected chi connectivity index (χ2v) is 9.60. The van der Waals surface area contributed by atoms with Crippen LogP contribution >= 0.6 is 0 Å². The van der Waals surface area contributed by atoms with Crippen LogP contribution in [0.5, 0.6) is 0 Å². The molecular formula is C23H21NO3S2. The Morgan fingerprint density at radius 1 is 0.759 bits per heavy atom. The van der Waals surface area contributed by atoms with Crippen LogP contribution in [0.2, 0.25) is 0 Å². The first-order chi connectivity index (χ1) is 14.1. The van der Waals surface area contributed by atoms with Crippen LogP contribution in [0, 0.1) is 0 Å². The van der Waals surface area contributed by atoms with E-state index in [4.69, 9.17) is 0 Å². The number of benzene rings is 3. The van der Waals surface area contributed by atoms with E-state index in [1.54, 1.807) is 80.0 Å². The number of carbonyl (C=O) groups is 1. The molecule has 0 aliphatic carbocycles. The molecule has 1 amide bonds. The van der Waals surface area contributed by atoms with Gasteiger partial charge in [0.1, 0.15) is 0 Å². The fourth-order valence-corrected chi connectivity index (χ4v) is 5.97. The zero-order valence-electron chi connectivity index (χ0n) is 15.9. The van der Waals surface area contributed by atoms with Crippen molar-refractivity contribution in [2.24, 2.45) is 0 Å². The first kappa shape index (κ1) is 20.9. The third-order valence-corrected chi connectivity index (χ3v) is 7.88. The van der Waals surface area contributed by atoms with Gasteiger partial charge in [-0.2, -0.15) is 0 Å². The summed E-state index contributed by atoms with van der Waals surface area (Å²) in [6.45, 7) is 0. The molecule has 2 atom stereocenters. The van der Waals surface area contributed by atoms with Gasteiger partial charge in [0.15, 0.2) is 4.58 Å². The van der Waals surface area contributed by atoms with Crippen LogP contribution in [0.15, 0.2) is 107 Å². The van der Waals surface area contributed by atoms with Crippen molar-refractivity contribution in [3.05, 3.63) is 103 Å². The average Bonchev–Trinajstić information content (AvgIpc) is 2.79. The van der Waals surface area contributed by atoms with Crippen LogP contribution in [0.25, 0.3) is 6.08 Å². The molecule has 0 heterocycles. The Labute approximate surface area is 175 Å².